The molecule has 0 bridgehead atoms. The molecule has 1 aromatic carbocycles. The Morgan fingerprint density at radius 2 is 1.88 bits per heavy atom. The van der Waals surface area contributed by atoms with Crippen LogP contribution in [-0.4, -0.2) is 31.1 Å². The summed E-state index contributed by atoms with van der Waals surface area (Å²) in [7, 11) is 0. The minimum absolute atomic E-state index is 1.11. The van der Waals surface area contributed by atoms with Gasteiger partial charge in [0.1, 0.15) is 0 Å². The van der Waals surface area contributed by atoms with E-state index in [0.29, 0.717) is 0 Å². The fourth-order valence-corrected chi connectivity index (χ4v) is 2.27. The van der Waals surface area contributed by atoms with Crippen LogP contribution in [0.2, 0.25) is 0 Å². The zero-order chi connectivity index (χ0) is 11.2. The van der Waals surface area contributed by atoms with E-state index in [-0.39, 0.29) is 0 Å². The van der Waals surface area contributed by atoms with Gasteiger partial charge >= 0.3 is 0 Å². The molecule has 0 spiro atoms. The molecule has 2 nitrogen and oxygen atoms in total. The van der Waals surface area contributed by atoms with E-state index in [1.54, 1.807) is 6.04 Å². The van der Waals surface area contributed by atoms with Crippen LogP contribution in [0.1, 0.15) is 18.9 Å². The molecule has 1 N–H and O–H groups in total. The van der Waals surface area contributed by atoms with Crippen LogP contribution in [-0.2, 0) is 6.42 Å². The number of hydrogen-bond donors (Lipinski definition) is 1. The van der Waals surface area contributed by atoms with E-state index in [4.69, 9.17) is 0 Å². The van der Waals surface area contributed by atoms with Gasteiger partial charge in [-0.05, 0) is 18.4 Å². The van der Waals surface area contributed by atoms with Crippen molar-refractivity contribution < 1.29 is 0 Å². The Balaban J connectivity index is 1.94. The number of rotatable bonds is 4. The Bertz CT molecular complexity index is 291. The smallest absolute Gasteiger partial charge is 0.0435 e. The zero-order valence-corrected chi connectivity index (χ0v) is 10.1. The first-order valence-electron chi connectivity index (χ1n) is 6.24. The SMILES string of the molecule is CC[C](Cc1ccccc1)N1CCNCC1. The average molecular weight is 217 g/mol. The second-order valence-corrected chi connectivity index (χ2v) is 4.32. The lowest BCUT2D eigenvalue weighted by molar-refractivity contribution is 0.237. The highest BCUT2D eigenvalue weighted by Gasteiger charge is 2.19. The van der Waals surface area contributed by atoms with Gasteiger partial charge in [-0.1, -0.05) is 37.3 Å². The summed E-state index contributed by atoms with van der Waals surface area (Å²) in [6.45, 7) is 6.84. The fraction of sp³-hybridized carbons (Fsp3) is 0.500. The third kappa shape index (κ3) is 3.06. The van der Waals surface area contributed by atoms with Gasteiger partial charge in [0, 0.05) is 32.2 Å². The normalized spacial score (nSPS) is 17.9. The lowest BCUT2D eigenvalue weighted by Crippen LogP contribution is -2.45. The summed E-state index contributed by atoms with van der Waals surface area (Å²) in [6.07, 6.45) is 2.27. The summed E-state index contributed by atoms with van der Waals surface area (Å²) < 4.78 is 0. The molecule has 1 radical (unpaired) electrons. The molecule has 1 fully saturated rings. The molecule has 1 aromatic rings. The summed E-state index contributed by atoms with van der Waals surface area (Å²) >= 11 is 0. The topological polar surface area (TPSA) is 15.3 Å². The second kappa shape index (κ2) is 6.02. The van der Waals surface area contributed by atoms with Gasteiger partial charge < -0.3 is 5.32 Å². The van der Waals surface area contributed by atoms with Crippen LogP contribution in [0.25, 0.3) is 0 Å². The molecule has 2 rings (SSSR count). The van der Waals surface area contributed by atoms with Crippen molar-refractivity contribution in [2.45, 2.75) is 19.8 Å². The van der Waals surface area contributed by atoms with Crippen LogP contribution < -0.4 is 5.32 Å². The number of nitrogens with one attached hydrogen (secondary N) is 1. The van der Waals surface area contributed by atoms with Gasteiger partial charge in [0.15, 0.2) is 0 Å². The minimum atomic E-state index is 1.11. The quantitative estimate of drug-likeness (QED) is 0.830. The standard InChI is InChI=1S/C14H21N2/c1-2-14(16-10-8-15-9-11-16)12-13-6-4-3-5-7-13/h3-7,15H,2,8-12H2,1H3. The summed E-state index contributed by atoms with van der Waals surface area (Å²) in [5.41, 5.74) is 1.43. The number of nitrogens with zero attached hydrogens (tertiary/aromatic N) is 1. The van der Waals surface area contributed by atoms with Crippen molar-refractivity contribution >= 4 is 0 Å². The molecule has 0 aromatic heterocycles. The number of benzene rings is 1. The Morgan fingerprint density at radius 1 is 1.19 bits per heavy atom. The van der Waals surface area contributed by atoms with Crippen molar-refractivity contribution in [2.75, 3.05) is 26.2 Å². The largest absolute Gasteiger partial charge is 0.314 e. The summed E-state index contributed by atoms with van der Waals surface area (Å²) in [6, 6.07) is 12.4. The Hall–Kier alpha value is -0.860. The highest BCUT2D eigenvalue weighted by molar-refractivity contribution is 5.18. The van der Waals surface area contributed by atoms with Crippen LogP contribution in [0, 0.1) is 6.04 Å². The van der Waals surface area contributed by atoms with Crippen molar-refractivity contribution in [3.63, 3.8) is 0 Å². The first-order valence-corrected chi connectivity index (χ1v) is 6.24. The molecule has 0 unspecified atom stereocenters. The molecule has 16 heavy (non-hydrogen) atoms. The van der Waals surface area contributed by atoms with E-state index in [1.165, 1.54) is 5.56 Å². The first kappa shape index (κ1) is 11.6. The van der Waals surface area contributed by atoms with Gasteiger partial charge in [0.25, 0.3) is 0 Å². The molecule has 1 aliphatic rings. The molecule has 1 heterocycles. The molecule has 0 aliphatic carbocycles. The number of piperazine rings is 1. The van der Waals surface area contributed by atoms with E-state index in [1.807, 2.05) is 0 Å². The highest BCUT2D eigenvalue weighted by atomic mass is 15.2. The van der Waals surface area contributed by atoms with Crippen LogP contribution in [0.4, 0.5) is 0 Å². The number of hydrogen-bond acceptors (Lipinski definition) is 2. The molecule has 0 saturated carbocycles. The lowest BCUT2D eigenvalue weighted by Gasteiger charge is -2.33. The monoisotopic (exact) mass is 217 g/mol. The average Bonchev–Trinajstić information content (AvgIpc) is 2.38. The molecule has 0 atom stereocenters. The third-order valence-corrected chi connectivity index (χ3v) is 3.22. The summed E-state index contributed by atoms with van der Waals surface area (Å²) in [5, 5.41) is 3.40. The van der Waals surface area contributed by atoms with E-state index in [9.17, 15) is 0 Å². The van der Waals surface area contributed by atoms with Crippen LogP contribution >= 0.6 is 0 Å². The van der Waals surface area contributed by atoms with Crippen molar-refractivity contribution in [3.8, 4) is 0 Å². The maximum atomic E-state index is 3.40. The Labute approximate surface area is 98.7 Å². The van der Waals surface area contributed by atoms with Crippen LogP contribution in [0.3, 0.4) is 0 Å². The molecule has 1 saturated heterocycles. The van der Waals surface area contributed by atoms with Crippen molar-refractivity contribution in [1.82, 2.24) is 10.2 Å². The predicted molar refractivity (Wildman–Crippen MR) is 68.1 cm³/mol. The minimum Gasteiger partial charge on any atom is -0.314 e. The molecule has 1 aliphatic heterocycles. The molecule has 87 valence electrons. The van der Waals surface area contributed by atoms with Gasteiger partial charge in [-0.25, -0.2) is 0 Å². The van der Waals surface area contributed by atoms with Gasteiger partial charge in [-0.2, -0.15) is 0 Å². The molecular weight excluding hydrogens is 196 g/mol. The van der Waals surface area contributed by atoms with Gasteiger partial charge in [-0.15, -0.1) is 0 Å². The molecule has 0 amide bonds. The van der Waals surface area contributed by atoms with E-state index >= 15 is 0 Å². The second-order valence-electron chi connectivity index (χ2n) is 4.32. The lowest BCUT2D eigenvalue weighted by atomic mass is 10.0. The van der Waals surface area contributed by atoms with E-state index < -0.39 is 0 Å². The van der Waals surface area contributed by atoms with E-state index in [0.717, 1.165) is 39.0 Å². The maximum Gasteiger partial charge on any atom is 0.0435 e. The Kier molecular flexibility index (Phi) is 4.37. The van der Waals surface area contributed by atoms with Gasteiger partial charge in [0.2, 0.25) is 0 Å². The van der Waals surface area contributed by atoms with Gasteiger partial charge in [-0.3, -0.25) is 4.90 Å². The maximum absolute atomic E-state index is 3.40. The Morgan fingerprint density at radius 3 is 2.50 bits per heavy atom. The van der Waals surface area contributed by atoms with E-state index in [2.05, 4.69) is 47.5 Å². The predicted octanol–water partition coefficient (Wildman–Crippen LogP) is 2.08. The van der Waals surface area contributed by atoms with Crippen molar-refractivity contribution in [3.05, 3.63) is 41.9 Å². The molecule has 2 heteroatoms. The summed E-state index contributed by atoms with van der Waals surface area (Å²) in [5.74, 6) is 0. The first-order chi connectivity index (χ1) is 7.90. The summed E-state index contributed by atoms with van der Waals surface area (Å²) in [4.78, 5) is 2.55. The highest BCUT2D eigenvalue weighted by Crippen LogP contribution is 2.19. The molecular formula is C14H21N2. The fourth-order valence-electron chi connectivity index (χ4n) is 2.27. The van der Waals surface area contributed by atoms with Crippen LogP contribution in [0.15, 0.2) is 30.3 Å². The van der Waals surface area contributed by atoms with Crippen molar-refractivity contribution in [1.29, 1.82) is 0 Å². The zero-order valence-electron chi connectivity index (χ0n) is 10.1. The van der Waals surface area contributed by atoms with Crippen LogP contribution in [0.5, 0.6) is 0 Å². The van der Waals surface area contributed by atoms with Gasteiger partial charge in [0.05, 0.1) is 0 Å². The third-order valence-electron chi connectivity index (χ3n) is 3.22. The van der Waals surface area contributed by atoms with Crippen molar-refractivity contribution in [2.24, 2.45) is 0 Å².